The summed E-state index contributed by atoms with van der Waals surface area (Å²) in [6.45, 7) is 5.49. The van der Waals surface area contributed by atoms with Gasteiger partial charge in [0.25, 0.3) is 15.0 Å². The quantitative estimate of drug-likeness (QED) is 0.778. The summed E-state index contributed by atoms with van der Waals surface area (Å²) in [5.41, 5.74) is 0.474. The summed E-state index contributed by atoms with van der Waals surface area (Å²) in [6.07, 6.45) is 1.91. The first kappa shape index (κ1) is 17.8. The minimum Gasteiger partial charge on any atom is -0.484 e. The molecular formula is C14H20ClNO4S. The van der Waals surface area contributed by atoms with Crippen molar-refractivity contribution < 1.29 is 17.9 Å². The number of carbonyl (C=O) groups excluding carboxylic acids is 1. The smallest absolute Gasteiger partial charge is 0.261 e. The van der Waals surface area contributed by atoms with E-state index in [2.05, 4.69) is 12.2 Å². The molecule has 1 N–H and O–H groups in total. The second kappa shape index (κ2) is 7.66. The third-order valence-corrected chi connectivity index (χ3v) is 4.39. The molecule has 0 aromatic heterocycles. The Morgan fingerprint density at radius 2 is 2.10 bits per heavy atom. The number of amides is 1. The molecule has 118 valence electrons. The van der Waals surface area contributed by atoms with Crippen LogP contribution in [-0.4, -0.2) is 27.0 Å². The van der Waals surface area contributed by atoms with Gasteiger partial charge in [0.15, 0.2) is 6.61 Å². The van der Waals surface area contributed by atoms with E-state index in [1.165, 1.54) is 18.2 Å². The molecule has 1 unspecified atom stereocenters. The Kier molecular flexibility index (Phi) is 6.48. The van der Waals surface area contributed by atoms with E-state index in [4.69, 9.17) is 15.4 Å². The molecule has 0 aliphatic heterocycles. The number of hydrogen-bond acceptors (Lipinski definition) is 4. The highest BCUT2D eigenvalue weighted by Crippen LogP contribution is 2.23. The minimum absolute atomic E-state index is 0.0394. The van der Waals surface area contributed by atoms with Crippen molar-refractivity contribution in [1.29, 1.82) is 0 Å². The van der Waals surface area contributed by atoms with Crippen molar-refractivity contribution in [3.8, 4) is 5.75 Å². The summed E-state index contributed by atoms with van der Waals surface area (Å²) in [7, 11) is 1.53. The average Bonchev–Trinajstić information content (AvgIpc) is 2.35. The normalized spacial score (nSPS) is 12.8. The summed E-state index contributed by atoms with van der Waals surface area (Å²) in [5, 5.41) is 2.82. The van der Waals surface area contributed by atoms with Gasteiger partial charge in [-0.15, -0.1) is 0 Å². The van der Waals surface area contributed by atoms with Gasteiger partial charge in [-0.25, -0.2) is 8.42 Å². The maximum atomic E-state index is 11.7. The molecular weight excluding hydrogens is 314 g/mol. The van der Waals surface area contributed by atoms with Gasteiger partial charge in [0.05, 0.1) is 4.90 Å². The van der Waals surface area contributed by atoms with E-state index in [0.717, 1.165) is 12.8 Å². The number of benzene rings is 1. The van der Waals surface area contributed by atoms with Crippen LogP contribution in [0, 0.1) is 6.92 Å². The number of aryl methyl sites for hydroxylation is 1. The Labute approximate surface area is 130 Å². The highest BCUT2D eigenvalue weighted by molar-refractivity contribution is 8.13. The molecule has 1 atom stereocenters. The zero-order valence-electron chi connectivity index (χ0n) is 12.3. The van der Waals surface area contributed by atoms with Crippen molar-refractivity contribution >= 4 is 25.6 Å². The fourth-order valence-corrected chi connectivity index (χ4v) is 3.15. The monoisotopic (exact) mass is 333 g/mol. The first-order chi connectivity index (χ1) is 9.74. The Balaban J connectivity index is 2.61. The van der Waals surface area contributed by atoms with Crippen molar-refractivity contribution in [3.05, 3.63) is 23.8 Å². The average molecular weight is 334 g/mol. The lowest BCUT2D eigenvalue weighted by molar-refractivity contribution is -0.123. The number of rotatable bonds is 7. The lowest BCUT2D eigenvalue weighted by Crippen LogP contribution is -2.35. The van der Waals surface area contributed by atoms with Gasteiger partial charge in [0.1, 0.15) is 5.75 Å². The van der Waals surface area contributed by atoms with Gasteiger partial charge < -0.3 is 10.1 Å². The van der Waals surface area contributed by atoms with Gasteiger partial charge in [0, 0.05) is 16.7 Å². The Bertz CT molecular complexity index is 601. The maximum Gasteiger partial charge on any atom is 0.261 e. The van der Waals surface area contributed by atoms with Crippen LogP contribution in [0.2, 0.25) is 0 Å². The second-order valence-corrected chi connectivity index (χ2v) is 7.45. The largest absolute Gasteiger partial charge is 0.484 e. The molecule has 1 aromatic carbocycles. The molecule has 0 saturated carbocycles. The second-order valence-electron chi connectivity index (χ2n) is 4.91. The molecule has 1 rings (SSSR count). The molecule has 0 saturated heterocycles. The summed E-state index contributed by atoms with van der Waals surface area (Å²) in [5.74, 6) is 0.220. The van der Waals surface area contributed by atoms with E-state index < -0.39 is 9.05 Å². The van der Waals surface area contributed by atoms with E-state index in [1.807, 2.05) is 6.92 Å². The van der Waals surface area contributed by atoms with Gasteiger partial charge in [0.2, 0.25) is 0 Å². The molecule has 7 heteroatoms. The fourth-order valence-electron chi connectivity index (χ4n) is 1.96. The van der Waals surface area contributed by atoms with E-state index >= 15 is 0 Å². The van der Waals surface area contributed by atoms with Gasteiger partial charge in [-0.3, -0.25) is 4.79 Å². The van der Waals surface area contributed by atoms with Gasteiger partial charge in [-0.05, 0) is 44.0 Å². The van der Waals surface area contributed by atoms with Gasteiger partial charge in [-0.1, -0.05) is 13.3 Å². The number of carbonyl (C=O) groups is 1. The standard InChI is InChI=1S/C14H20ClNO4S/c1-4-5-11(3)16-14(17)9-20-12-6-7-13(10(2)8-12)21(15,18)19/h6-8,11H,4-5,9H2,1-3H3,(H,16,17). The third kappa shape index (κ3) is 5.93. The van der Waals surface area contributed by atoms with Crippen molar-refractivity contribution in [3.63, 3.8) is 0 Å². The molecule has 5 nitrogen and oxygen atoms in total. The fraction of sp³-hybridized carbons (Fsp3) is 0.500. The Morgan fingerprint density at radius 3 is 2.62 bits per heavy atom. The number of ether oxygens (including phenoxy) is 1. The minimum atomic E-state index is -3.77. The van der Waals surface area contributed by atoms with Gasteiger partial charge >= 0.3 is 0 Å². The molecule has 1 amide bonds. The molecule has 0 aliphatic carbocycles. The van der Waals surface area contributed by atoms with Crippen molar-refractivity contribution in [2.24, 2.45) is 0 Å². The first-order valence-electron chi connectivity index (χ1n) is 6.71. The maximum absolute atomic E-state index is 11.7. The van der Waals surface area contributed by atoms with Crippen LogP contribution in [0.25, 0.3) is 0 Å². The highest BCUT2D eigenvalue weighted by atomic mass is 35.7. The molecule has 0 spiro atoms. The van der Waals surface area contributed by atoms with Crippen LogP contribution < -0.4 is 10.1 Å². The van der Waals surface area contributed by atoms with Crippen LogP contribution in [0.4, 0.5) is 0 Å². The Hall–Kier alpha value is -1.27. The Morgan fingerprint density at radius 1 is 1.43 bits per heavy atom. The third-order valence-electron chi connectivity index (χ3n) is 2.91. The van der Waals surface area contributed by atoms with Crippen LogP contribution in [-0.2, 0) is 13.8 Å². The van der Waals surface area contributed by atoms with Crippen LogP contribution in [0.5, 0.6) is 5.75 Å². The molecule has 0 radical (unpaired) electrons. The van der Waals surface area contributed by atoms with Crippen molar-refractivity contribution in [2.45, 2.75) is 44.6 Å². The van der Waals surface area contributed by atoms with Crippen molar-refractivity contribution in [1.82, 2.24) is 5.32 Å². The van der Waals surface area contributed by atoms with E-state index in [1.54, 1.807) is 6.92 Å². The van der Waals surface area contributed by atoms with E-state index in [0.29, 0.717) is 11.3 Å². The van der Waals surface area contributed by atoms with Crippen LogP contribution in [0.3, 0.4) is 0 Å². The number of hydrogen-bond donors (Lipinski definition) is 1. The van der Waals surface area contributed by atoms with Gasteiger partial charge in [-0.2, -0.15) is 0 Å². The van der Waals surface area contributed by atoms with Crippen LogP contribution >= 0.6 is 10.7 Å². The highest BCUT2D eigenvalue weighted by Gasteiger charge is 2.14. The molecule has 21 heavy (non-hydrogen) atoms. The molecule has 0 heterocycles. The first-order valence-corrected chi connectivity index (χ1v) is 9.02. The SMILES string of the molecule is CCCC(C)NC(=O)COc1ccc(S(=O)(=O)Cl)c(C)c1. The number of halogens is 1. The molecule has 0 aliphatic rings. The predicted octanol–water partition coefficient (Wildman–Crippen LogP) is 2.61. The molecule has 0 bridgehead atoms. The summed E-state index contributed by atoms with van der Waals surface area (Å²) >= 11 is 0. The van der Waals surface area contributed by atoms with E-state index in [-0.39, 0.29) is 23.5 Å². The van der Waals surface area contributed by atoms with Crippen LogP contribution in [0.15, 0.2) is 23.1 Å². The summed E-state index contributed by atoms with van der Waals surface area (Å²) in [6, 6.07) is 4.49. The zero-order valence-corrected chi connectivity index (χ0v) is 13.9. The van der Waals surface area contributed by atoms with Crippen LogP contribution in [0.1, 0.15) is 32.3 Å². The molecule has 1 aromatic rings. The topological polar surface area (TPSA) is 72.5 Å². The predicted molar refractivity (Wildman–Crippen MR) is 82.2 cm³/mol. The summed E-state index contributed by atoms with van der Waals surface area (Å²) in [4.78, 5) is 11.7. The van der Waals surface area contributed by atoms with Crippen molar-refractivity contribution in [2.75, 3.05) is 6.61 Å². The number of nitrogens with one attached hydrogen (secondary N) is 1. The molecule has 0 fully saturated rings. The lowest BCUT2D eigenvalue weighted by Gasteiger charge is -2.13. The van der Waals surface area contributed by atoms with E-state index in [9.17, 15) is 13.2 Å². The lowest BCUT2D eigenvalue weighted by atomic mass is 10.2. The summed E-state index contributed by atoms with van der Waals surface area (Å²) < 4.78 is 27.9. The zero-order chi connectivity index (χ0) is 16.0.